The van der Waals surface area contributed by atoms with Crippen LogP contribution in [0.15, 0.2) is 48.8 Å². The molecule has 1 saturated heterocycles. The zero-order chi connectivity index (χ0) is 22.4. The van der Waals surface area contributed by atoms with Crippen LogP contribution in [0.4, 0.5) is 0 Å². The number of benzene rings is 1. The fraction of sp³-hybridized carbons (Fsp3) is 0.519. The van der Waals surface area contributed by atoms with Crippen molar-refractivity contribution >= 4 is 5.57 Å². The van der Waals surface area contributed by atoms with Crippen molar-refractivity contribution in [1.29, 1.82) is 0 Å². The van der Waals surface area contributed by atoms with Crippen LogP contribution in [0.1, 0.15) is 75.1 Å². The zero-order valence-electron chi connectivity index (χ0n) is 19.5. The second kappa shape index (κ2) is 7.84. The predicted octanol–water partition coefficient (Wildman–Crippen LogP) is 4.71. The third kappa shape index (κ3) is 3.75. The van der Waals surface area contributed by atoms with E-state index < -0.39 is 11.2 Å². The van der Waals surface area contributed by atoms with E-state index in [2.05, 4.69) is 68.0 Å². The molecule has 1 aromatic heterocycles. The van der Waals surface area contributed by atoms with Crippen LogP contribution in [0.3, 0.4) is 0 Å². The average Bonchev–Trinajstić information content (AvgIpc) is 3.15. The Kier molecular flexibility index (Phi) is 5.61. The fourth-order valence-electron chi connectivity index (χ4n) is 5.49. The van der Waals surface area contributed by atoms with Gasteiger partial charge in [-0.15, -0.1) is 0 Å². The van der Waals surface area contributed by atoms with E-state index in [0.29, 0.717) is 12.3 Å². The first-order chi connectivity index (χ1) is 14.6. The number of nitrogens with zero attached hydrogens (tertiary/aromatic N) is 2. The van der Waals surface area contributed by atoms with Gasteiger partial charge in [0.1, 0.15) is 5.60 Å². The average molecular weight is 421 g/mol. The molecule has 1 fully saturated rings. The minimum Gasteiger partial charge on any atom is -0.386 e. The lowest BCUT2D eigenvalue weighted by atomic mass is 9.62. The maximum Gasteiger partial charge on any atom is 0.124 e. The van der Waals surface area contributed by atoms with Gasteiger partial charge < -0.3 is 15.1 Å². The number of aliphatic hydroxyl groups is 2. The summed E-state index contributed by atoms with van der Waals surface area (Å²) in [6.45, 7) is 10.2. The van der Waals surface area contributed by atoms with Gasteiger partial charge in [-0.05, 0) is 66.6 Å². The molecule has 0 saturated carbocycles. The highest BCUT2D eigenvalue weighted by Crippen LogP contribution is 2.50. The summed E-state index contributed by atoms with van der Waals surface area (Å²) >= 11 is 0. The molecule has 1 aliphatic heterocycles. The lowest BCUT2D eigenvalue weighted by Crippen LogP contribution is -2.63. The Balaban J connectivity index is 1.79. The van der Waals surface area contributed by atoms with Gasteiger partial charge in [-0.3, -0.25) is 4.98 Å². The Hall–Kier alpha value is -2.01. The van der Waals surface area contributed by atoms with E-state index in [1.807, 2.05) is 25.4 Å². The van der Waals surface area contributed by atoms with Gasteiger partial charge in [-0.25, -0.2) is 0 Å². The molecule has 2 aliphatic rings. The first-order valence-corrected chi connectivity index (χ1v) is 11.5. The van der Waals surface area contributed by atoms with E-state index in [4.69, 9.17) is 0 Å². The maximum atomic E-state index is 12.4. The molecule has 2 atom stereocenters. The molecule has 4 rings (SSSR count). The Morgan fingerprint density at radius 2 is 1.81 bits per heavy atom. The third-order valence-electron chi connectivity index (χ3n) is 7.52. The lowest BCUT2D eigenvalue weighted by molar-refractivity contribution is -0.127. The Morgan fingerprint density at radius 1 is 1.13 bits per heavy atom. The number of hydrogen-bond acceptors (Lipinski definition) is 4. The van der Waals surface area contributed by atoms with E-state index in [1.54, 1.807) is 0 Å². The van der Waals surface area contributed by atoms with Gasteiger partial charge in [-0.1, -0.05) is 52.0 Å². The summed E-state index contributed by atoms with van der Waals surface area (Å²) in [5, 5.41) is 23.0. The Morgan fingerprint density at radius 3 is 2.35 bits per heavy atom. The van der Waals surface area contributed by atoms with Crippen molar-refractivity contribution in [2.45, 2.75) is 64.1 Å². The topological polar surface area (TPSA) is 56.6 Å². The second-order valence-electron chi connectivity index (χ2n) is 10.3. The first kappa shape index (κ1) is 22.2. The van der Waals surface area contributed by atoms with Crippen LogP contribution < -0.4 is 0 Å². The summed E-state index contributed by atoms with van der Waals surface area (Å²) in [6, 6.07) is 10.5. The van der Waals surface area contributed by atoms with Crippen molar-refractivity contribution in [1.82, 2.24) is 9.88 Å². The number of pyridine rings is 1. The Labute approximate surface area is 186 Å². The molecule has 166 valence electrons. The van der Waals surface area contributed by atoms with E-state index >= 15 is 0 Å². The summed E-state index contributed by atoms with van der Waals surface area (Å²) in [6.07, 6.45) is 7.94. The lowest BCUT2D eigenvalue weighted by Gasteiger charge is -2.56. The van der Waals surface area contributed by atoms with Crippen LogP contribution in [-0.4, -0.2) is 45.8 Å². The SMILES string of the molecule is CCC1(O)C=C(c2cncc([C@@](O)(c3ccc(C(C)C)cc3)C3(C)CN(C)C3)c2)CC1. The van der Waals surface area contributed by atoms with Gasteiger partial charge >= 0.3 is 0 Å². The molecule has 0 bridgehead atoms. The van der Waals surface area contributed by atoms with Crippen LogP contribution in [0.25, 0.3) is 5.57 Å². The summed E-state index contributed by atoms with van der Waals surface area (Å²) in [5.41, 5.74) is 2.94. The molecule has 2 aromatic rings. The van der Waals surface area contributed by atoms with Crippen LogP contribution >= 0.6 is 0 Å². The second-order valence-corrected chi connectivity index (χ2v) is 10.3. The van der Waals surface area contributed by atoms with Crippen LogP contribution in [-0.2, 0) is 5.60 Å². The van der Waals surface area contributed by atoms with Gasteiger partial charge in [0.05, 0.1) is 5.60 Å². The summed E-state index contributed by atoms with van der Waals surface area (Å²) in [7, 11) is 2.09. The van der Waals surface area contributed by atoms with Crippen LogP contribution in [0, 0.1) is 5.41 Å². The van der Waals surface area contributed by atoms with E-state index in [-0.39, 0.29) is 5.41 Å². The molecular weight excluding hydrogens is 384 g/mol. The van der Waals surface area contributed by atoms with Gasteiger partial charge in [0, 0.05) is 36.5 Å². The van der Waals surface area contributed by atoms with E-state index in [1.165, 1.54) is 5.56 Å². The molecule has 31 heavy (non-hydrogen) atoms. The molecule has 1 aliphatic carbocycles. The summed E-state index contributed by atoms with van der Waals surface area (Å²) < 4.78 is 0. The van der Waals surface area contributed by atoms with Gasteiger partial charge in [0.2, 0.25) is 0 Å². The maximum absolute atomic E-state index is 12.4. The minimum absolute atomic E-state index is 0.310. The van der Waals surface area contributed by atoms with Crippen LogP contribution in [0.2, 0.25) is 0 Å². The quantitative estimate of drug-likeness (QED) is 0.711. The van der Waals surface area contributed by atoms with Crippen molar-refractivity contribution in [2.75, 3.05) is 20.1 Å². The number of aromatic nitrogens is 1. The largest absolute Gasteiger partial charge is 0.386 e. The minimum atomic E-state index is -1.14. The monoisotopic (exact) mass is 420 g/mol. The highest BCUT2D eigenvalue weighted by atomic mass is 16.3. The highest BCUT2D eigenvalue weighted by Gasteiger charge is 2.55. The first-order valence-electron chi connectivity index (χ1n) is 11.5. The number of likely N-dealkylation sites (tertiary alicyclic amines) is 1. The number of hydrogen-bond donors (Lipinski definition) is 2. The number of rotatable bonds is 6. The molecule has 1 aromatic carbocycles. The van der Waals surface area contributed by atoms with Crippen molar-refractivity contribution in [3.05, 3.63) is 71.1 Å². The molecule has 2 heterocycles. The molecule has 2 N–H and O–H groups in total. The molecule has 0 radical (unpaired) electrons. The predicted molar refractivity (Wildman–Crippen MR) is 126 cm³/mol. The van der Waals surface area contributed by atoms with Crippen molar-refractivity contribution in [2.24, 2.45) is 5.41 Å². The van der Waals surface area contributed by atoms with E-state index in [9.17, 15) is 10.2 Å². The third-order valence-corrected chi connectivity index (χ3v) is 7.52. The normalized spacial score (nSPS) is 25.2. The van der Waals surface area contributed by atoms with Crippen LogP contribution in [0.5, 0.6) is 0 Å². The van der Waals surface area contributed by atoms with Gasteiger partial charge in [0.15, 0.2) is 0 Å². The summed E-state index contributed by atoms with van der Waals surface area (Å²) in [4.78, 5) is 6.78. The highest BCUT2D eigenvalue weighted by molar-refractivity contribution is 5.69. The number of allylic oxidation sites excluding steroid dienone is 1. The van der Waals surface area contributed by atoms with Gasteiger partial charge in [-0.2, -0.15) is 0 Å². The summed E-state index contributed by atoms with van der Waals surface area (Å²) in [5.74, 6) is 0.448. The molecular formula is C27H36N2O2. The van der Waals surface area contributed by atoms with Crippen molar-refractivity contribution < 1.29 is 10.2 Å². The standard InChI is InChI=1S/C27H36N2O2/c1-6-26(30)12-11-21(14-26)22-13-24(16-28-15-22)27(31,25(4)17-29(5)18-25)23-9-7-20(8-10-23)19(2)3/h7-10,13-16,19,30-31H,6,11-12,17-18H2,1-5H3/t26?,27-/m0/s1. The Bertz CT molecular complexity index is 975. The molecule has 0 spiro atoms. The molecule has 0 amide bonds. The van der Waals surface area contributed by atoms with Crippen molar-refractivity contribution in [3.63, 3.8) is 0 Å². The fourth-order valence-corrected chi connectivity index (χ4v) is 5.49. The molecule has 4 heteroatoms. The molecule has 1 unspecified atom stereocenters. The van der Waals surface area contributed by atoms with Crippen molar-refractivity contribution in [3.8, 4) is 0 Å². The van der Waals surface area contributed by atoms with E-state index in [0.717, 1.165) is 48.2 Å². The smallest absolute Gasteiger partial charge is 0.124 e. The van der Waals surface area contributed by atoms with Gasteiger partial charge in [0.25, 0.3) is 0 Å². The molecule has 4 nitrogen and oxygen atoms in total. The zero-order valence-corrected chi connectivity index (χ0v) is 19.5.